The summed E-state index contributed by atoms with van der Waals surface area (Å²) in [6, 6.07) is 8.55. The van der Waals surface area contributed by atoms with E-state index >= 15 is 0 Å². The fraction of sp³-hybridized carbons (Fsp3) is 0.316. The highest BCUT2D eigenvalue weighted by Gasteiger charge is 2.27. The zero-order valence-electron chi connectivity index (χ0n) is 13.6. The van der Waals surface area contributed by atoms with E-state index in [9.17, 15) is 9.90 Å². The molecule has 1 unspecified atom stereocenters. The van der Waals surface area contributed by atoms with Gasteiger partial charge in [0, 0.05) is 11.5 Å². The molecule has 4 heteroatoms. The molecule has 4 nitrogen and oxygen atoms in total. The quantitative estimate of drug-likeness (QED) is 0.569. The van der Waals surface area contributed by atoms with Gasteiger partial charge >= 0.3 is 5.63 Å². The lowest BCUT2D eigenvalue weighted by atomic mass is 9.96. The molecular formula is C19H20O4. The molecule has 0 spiro atoms. The van der Waals surface area contributed by atoms with Gasteiger partial charge in [0.05, 0.1) is 5.39 Å². The zero-order chi connectivity index (χ0) is 16.6. The van der Waals surface area contributed by atoms with E-state index in [4.69, 9.17) is 8.83 Å². The Morgan fingerprint density at radius 1 is 1.22 bits per heavy atom. The molecule has 0 saturated heterocycles. The van der Waals surface area contributed by atoms with Crippen LogP contribution < -0.4 is 5.63 Å². The lowest BCUT2D eigenvalue weighted by Gasteiger charge is -2.19. The monoisotopic (exact) mass is 312 g/mol. The van der Waals surface area contributed by atoms with Crippen molar-refractivity contribution in [1.29, 1.82) is 0 Å². The molecular weight excluding hydrogens is 292 g/mol. The molecule has 3 aromatic rings. The number of hydrogen-bond acceptors (Lipinski definition) is 4. The number of hydrogen-bond donors (Lipinski definition) is 1. The van der Waals surface area contributed by atoms with Crippen LogP contribution in [0.25, 0.3) is 21.9 Å². The number of rotatable bonds is 4. The lowest BCUT2D eigenvalue weighted by Crippen LogP contribution is -2.19. The maximum Gasteiger partial charge on any atom is 0.336 e. The Bertz CT molecular complexity index is 937. The molecule has 2 heterocycles. The van der Waals surface area contributed by atoms with Crippen LogP contribution in [0.3, 0.4) is 0 Å². The van der Waals surface area contributed by atoms with Gasteiger partial charge in [0.15, 0.2) is 0 Å². The Labute approximate surface area is 134 Å². The molecule has 1 N–H and O–H groups in total. The van der Waals surface area contributed by atoms with Gasteiger partial charge in [0.25, 0.3) is 0 Å². The second-order valence-corrected chi connectivity index (χ2v) is 6.35. The van der Waals surface area contributed by atoms with Gasteiger partial charge in [-0.3, -0.25) is 0 Å². The first kappa shape index (κ1) is 15.6. The smallest absolute Gasteiger partial charge is 0.336 e. The number of aliphatic hydroxyl groups is 1. The topological polar surface area (TPSA) is 63.6 Å². The van der Waals surface area contributed by atoms with Crippen LogP contribution >= 0.6 is 0 Å². The van der Waals surface area contributed by atoms with Crippen molar-refractivity contribution in [3.8, 4) is 0 Å². The van der Waals surface area contributed by atoms with Crippen molar-refractivity contribution >= 4 is 21.9 Å². The van der Waals surface area contributed by atoms with E-state index in [0.717, 1.165) is 11.8 Å². The first-order valence-electron chi connectivity index (χ1n) is 7.69. The summed E-state index contributed by atoms with van der Waals surface area (Å²) >= 11 is 0. The molecule has 0 aliphatic carbocycles. The van der Waals surface area contributed by atoms with Crippen molar-refractivity contribution < 1.29 is 13.9 Å². The van der Waals surface area contributed by atoms with Gasteiger partial charge in [-0.15, -0.1) is 0 Å². The molecule has 2 aromatic heterocycles. The molecule has 0 aliphatic heterocycles. The summed E-state index contributed by atoms with van der Waals surface area (Å²) in [5, 5.41) is 12.2. The SMILES string of the molecule is CC(C)=CCCC(C)(O)c1cc2c(ccc3ccc(=O)oc32)o1. The number of furan rings is 1. The van der Waals surface area contributed by atoms with Crippen molar-refractivity contribution in [2.24, 2.45) is 0 Å². The first-order valence-corrected chi connectivity index (χ1v) is 7.69. The zero-order valence-corrected chi connectivity index (χ0v) is 13.6. The van der Waals surface area contributed by atoms with Crippen LogP contribution in [0.5, 0.6) is 0 Å². The second-order valence-electron chi connectivity index (χ2n) is 6.35. The summed E-state index contributed by atoms with van der Waals surface area (Å²) in [4.78, 5) is 11.5. The predicted octanol–water partition coefficient (Wildman–Crippen LogP) is 4.49. The summed E-state index contributed by atoms with van der Waals surface area (Å²) in [5.41, 5.74) is 0.836. The minimum atomic E-state index is -1.08. The Hall–Kier alpha value is -2.33. The summed E-state index contributed by atoms with van der Waals surface area (Å²) in [5.74, 6) is 0.480. The predicted molar refractivity (Wildman–Crippen MR) is 90.5 cm³/mol. The molecule has 3 rings (SSSR count). The van der Waals surface area contributed by atoms with E-state index in [1.54, 1.807) is 19.1 Å². The largest absolute Gasteiger partial charge is 0.458 e. The standard InChI is InChI=1S/C19H20O4/c1-12(2)5-4-10-19(3,21)16-11-14-15(22-16)8-6-13-7-9-17(20)23-18(13)14/h5-9,11,21H,4,10H2,1-3H3. The Morgan fingerprint density at radius 2 is 1.96 bits per heavy atom. The highest BCUT2D eigenvalue weighted by atomic mass is 16.4. The van der Waals surface area contributed by atoms with E-state index in [1.807, 2.05) is 26.0 Å². The summed E-state index contributed by atoms with van der Waals surface area (Å²) in [7, 11) is 0. The summed E-state index contributed by atoms with van der Waals surface area (Å²) in [6.07, 6.45) is 3.41. The van der Waals surface area contributed by atoms with Crippen molar-refractivity contribution in [1.82, 2.24) is 0 Å². The van der Waals surface area contributed by atoms with Gasteiger partial charge in [-0.25, -0.2) is 4.79 Å². The molecule has 0 saturated carbocycles. The molecule has 0 amide bonds. The Balaban J connectivity index is 2.05. The van der Waals surface area contributed by atoms with E-state index < -0.39 is 11.2 Å². The van der Waals surface area contributed by atoms with Crippen LogP contribution in [0, 0.1) is 0 Å². The van der Waals surface area contributed by atoms with Crippen LogP contribution in [0.1, 0.15) is 39.4 Å². The van der Waals surface area contributed by atoms with Crippen LogP contribution in [-0.4, -0.2) is 5.11 Å². The molecule has 1 atom stereocenters. The van der Waals surface area contributed by atoms with Gasteiger partial charge in [-0.1, -0.05) is 11.6 Å². The Morgan fingerprint density at radius 3 is 2.70 bits per heavy atom. The van der Waals surface area contributed by atoms with Crippen LogP contribution in [0.4, 0.5) is 0 Å². The second kappa shape index (κ2) is 5.70. The molecule has 23 heavy (non-hydrogen) atoms. The highest BCUT2D eigenvalue weighted by Crippen LogP contribution is 2.34. The number of allylic oxidation sites excluding steroid dienone is 2. The molecule has 0 bridgehead atoms. The highest BCUT2D eigenvalue weighted by molar-refractivity contribution is 6.02. The number of fused-ring (bicyclic) bond motifs is 3. The maximum atomic E-state index is 11.5. The van der Waals surface area contributed by atoms with Gasteiger partial charge in [-0.05, 0) is 57.9 Å². The van der Waals surface area contributed by atoms with Crippen molar-refractivity contribution in [2.75, 3.05) is 0 Å². The molecule has 1 aromatic carbocycles. The van der Waals surface area contributed by atoms with Gasteiger partial charge < -0.3 is 13.9 Å². The van der Waals surface area contributed by atoms with Gasteiger partial charge in [0.2, 0.25) is 0 Å². The fourth-order valence-electron chi connectivity index (χ4n) is 2.67. The van der Waals surface area contributed by atoms with E-state index in [-0.39, 0.29) is 0 Å². The van der Waals surface area contributed by atoms with Crippen molar-refractivity contribution in [2.45, 2.75) is 39.2 Å². The van der Waals surface area contributed by atoms with E-state index in [2.05, 4.69) is 6.08 Å². The normalized spacial score (nSPS) is 14.1. The lowest BCUT2D eigenvalue weighted by molar-refractivity contribution is 0.0277. The fourth-order valence-corrected chi connectivity index (χ4v) is 2.67. The van der Waals surface area contributed by atoms with Gasteiger partial charge in [-0.2, -0.15) is 0 Å². The average molecular weight is 312 g/mol. The van der Waals surface area contributed by atoms with Crippen LogP contribution in [0.15, 0.2) is 55.6 Å². The maximum absolute atomic E-state index is 11.5. The third-order valence-corrected chi connectivity index (χ3v) is 4.00. The minimum Gasteiger partial charge on any atom is -0.458 e. The third-order valence-electron chi connectivity index (χ3n) is 4.00. The third kappa shape index (κ3) is 3.08. The molecule has 0 fully saturated rings. The minimum absolute atomic E-state index is 0.400. The molecule has 0 aliphatic rings. The van der Waals surface area contributed by atoms with E-state index in [1.165, 1.54) is 11.6 Å². The number of benzene rings is 1. The van der Waals surface area contributed by atoms with Gasteiger partial charge in [0.1, 0.15) is 22.5 Å². The van der Waals surface area contributed by atoms with Crippen LogP contribution in [-0.2, 0) is 5.60 Å². The molecule has 0 radical (unpaired) electrons. The van der Waals surface area contributed by atoms with Crippen LogP contribution in [0.2, 0.25) is 0 Å². The summed E-state index contributed by atoms with van der Waals surface area (Å²) < 4.78 is 11.1. The Kier molecular flexibility index (Phi) is 3.86. The first-order chi connectivity index (χ1) is 10.9. The van der Waals surface area contributed by atoms with Crippen molar-refractivity contribution in [3.63, 3.8) is 0 Å². The van der Waals surface area contributed by atoms with Crippen molar-refractivity contribution in [3.05, 3.63) is 58.2 Å². The summed E-state index contributed by atoms with van der Waals surface area (Å²) in [6.45, 7) is 5.80. The molecule has 120 valence electrons. The van der Waals surface area contributed by atoms with E-state index in [0.29, 0.717) is 28.7 Å². The average Bonchev–Trinajstić information content (AvgIpc) is 2.92.